The lowest BCUT2D eigenvalue weighted by molar-refractivity contribution is -0.127. The van der Waals surface area contributed by atoms with Crippen LogP contribution in [0.2, 0.25) is 0 Å². The van der Waals surface area contributed by atoms with Crippen LogP contribution >= 0.6 is 0 Å². The molecule has 1 aromatic rings. The van der Waals surface area contributed by atoms with Crippen LogP contribution in [0, 0.1) is 12.8 Å². The number of hydrogen-bond acceptors (Lipinski definition) is 2. The van der Waals surface area contributed by atoms with Crippen LogP contribution in [0.5, 0.6) is 0 Å². The molecule has 1 heterocycles. The smallest absolute Gasteiger partial charge is 0.321 e. The van der Waals surface area contributed by atoms with E-state index in [1.54, 1.807) is 4.90 Å². The molecule has 24 heavy (non-hydrogen) atoms. The van der Waals surface area contributed by atoms with E-state index in [9.17, 15) is 9.59 Å². The Labute approximate surface area is 144 Å². The summed E-state index contributed by atoms with van der Waals surface area (Å²) in [5, 5.41) is 6.04. The number of nitrogens with zero attached hydrogens (tertiary/aromatic N) is 1. The summed E-state index contributed by atoms with van der Waals surface area (Å²) in [5.74, 6) is -0.0284. The quantitative estimate of drug-likeness (QED) is 0.867. The molecule has 2 N–H and O–H groups in total. The molecule has 0 bridgehead atoms. The van der Waals surface area contributed by atoms with Crippen molar-refractivity contribution in [2.75, 3.05) is 18.4 Å². The number of hydrogen-bond donors (Lipinski definition) is 2. The van der Waals surface area contributed by atoms with Crippen LogP contribution in [0.3, 0.4) is 0 Å². The Kier molecular flexibility index (Phi) is 6.64. The Balaban J connectivity index is 1.92. The highest BCUT2D eigenvalue weighted by molar-refractivity contribution is 5.90. The molecule has 132 valence electrons. The molecule has 5 nitrogen and oxygen atoms in total. The van der Waals surface area contributed by atoms with Gasteiger partial charge in [-0.05, 0) is 50.3 Å². The van der Waals surface area contributed by atoms with Gasteiger partial charge in [0.05, 0.1) is 5.92 Å². The number of amides is 3. The molecule has 1 unspecified atom stereocenters. The molecule has 0 aliphatic carbocycles. The van der Waals surface area contributed by atoms with Crippen molar-refractivity contribution in [3.63, 3.8) is 0 Å². The number of urea groups is 1. The summed E-state index contributed by atoms with van der Waals surface area (Å²) >= 11 is 0. The van der Waals surface area contributed by atoms with Gasteiger partial charge in [-0.1, -0.05) is 26.0 Å². The highest BCUT2D eigenvalue weighted by Crippen LogP contribution is 2.19. The average Bonchev–Trinajstić information content (AvgIpc) is 2.59. The van der Waals surface area contributed by atoms with E-state index in [1.165, 1.54) is 0 Å². The molecule has 0 aromatic heterocycles. The molecule has 1 fully saturated rings. The van der Waals surface area contributed by atoms with Crippen LogP contribution < -0.4 is 10.6 Å². The number of aryl methyl sites for hydroxylation is 1. The van der Waals surface area contributed by atoms with E-state index in [0.29, 0.717) is 13.1 Å². The minimum atomic E-state index is -0.124. The van der Waals surface area contributed by atoms with E-state index in [0.717, 1.165) is 36.9 Å². The molecule has 0 saturated carbocycles. The second kappa shape index (κ2) is 8.71. The number of rotatable bonds is 5. The highest BCUT2D eigenvalue weighted by atomic mass is 16.2. The molecule has 5 heteroatoms. The fraction of sp³-hybridized carbons (Fsp3) is 0.579. The first-order valence-electron chi connectivity index (χ1n) is 8.96. The zero-order chi connectivity index (χ0) is 17.5. The minimum Gasteiger partial charge on any atom is -0.353 e. The summed E-state index contributed by atoms with van der Waals surface area (Å²) in [4.78, 5) is 26.6. The van der Waals surface area contributed by atoms with Gasteiger partial charge >= 0.3 is 6.03 Å². The van der Waals surface area contributed by atoms with Crippen molar-refractivity contribution in [1.82, 2.24) is 10.2 Å². The van der Waals surface area contributed by atoms with Gasteiger partial charge < -0.3 is 15.5 Å². The first-order valence-corrected chi connectivity index (χ1v) is 8.96. The first kappa shape index (κ1) is 18.3. The maximum absolute atomic E-state index is 12.5. The lowest BCUT2D eigenvalue weighted by Crippen LogP contribution is -2.48. The van der Waals surface area contributed by atoms with Gasteiger partial charge in [0.1, 0.15) is 0 Å². The SMILES string of the molecule is CCC(CC)NC(=O)C1CCCN(C(=O)Nc2cccc(C)c2)C1. The van der Waals surface area contributed by atoms with E-state index in [4.69, 9.17) is 0 Å². The summed E-state index contributed by atoms with van der Waals surface area (Å²) in [6.45, 7) is 7.35. The fourth-order valence-electron chi connectivity index (χ4n) is 3.11. The van der Waals surface area contributed by atoms with Crippen molar-refractivity contribution >= 4 is 17.6 Å². The minimum absolute atomic E-state index is 0.0803. The lowest BCUT2D eigenvalue weighted by atomic mass is 9.96. The molecule has 1 aromatic carbocycles. The Morgan fingerprint density at radius 1 is 1.29 bits per heavy atom. The van der Waals surface area contributed by atoms with Gasteiger partial charge in [-0.25, -0.2) is 4.79 Å². The first-order chi connectivity index (χ1) is 11.5. The number of benzene rings is 1. The third kappa shape index (κ3) is 4.98. The van der Waals surface area contributed by atoms with Crippen LogP contribution in [0.1, 0.15) is 45.1 Å². The number of piperidine rings is 1. The Morgan fingerprint density at radius 3 is 2.71 bits per heavy atom. The van der Waals surface area contributed by atoms with Crippen molar-refractivity contribution in [2.24, 2.45) is 5.92 Å². The van der Waals surface area contributed by atoms with Crippen LogP contribution in [0.15, 0.2) is 24.3 Å². The van der Waals surface area contributed by atoms with Gasteiger partial charge in [0, 0.05) is 24.8 Å². The molecule has 1 atom stereocenters. The van der Waals surface area contributed by atoms with E-state index < -0.39 is 0 Å². The predicted molar refractivity (Wildman–Crippen MR) is 97.0 cm³/mol. The fourth-order valence-corrected chi connectivity index (χ4v) is 3.11. The third-order valence-corrected chi connectivity index (χ3v) is 4.68. The van der Waals surface area contributed by atoms with Gasteiger partial charge in [0.25, 0.3) is 0 Å². The Hall–Kier alpha value is -2.04. The predicted octanol–water partition coefficient (Wildman–Crippen LogP) is 3.54. The number of carbonyl (C=O) groups is 2. The second-order valence-electron chi connectivity index (χ2n) is 6.61. The van der Waals surface area contributed by atoms with Crippen molar-refractivity contribution < 1.29 is 9.59 Å². The summed E-state index contributed by atoms with van der Waals surface area (Å²) in [6, 6.07) is 7.85. The topological polar surface area (TPSA) is 61.4 Å². The molecule has 1 aliphatic heterocycles. The van der Waals surface area contributed by atoms with Gasteiger partial charge in [-0.15, -0.1) is 0 Å². The lowest BCUT2D eigenvalue weighted by Gasteiger charge is -2.32. The highest BCUT2D eigenvalue weighted by Gasteiger charge is 2.29. The van der Waals surface area contributed by atoms with Gasteiger partial charge in [-0.2, -0.15) is 0 Å². The van der Waals surface area contributed by atoms with Crippen molar-refractivity contribution in [2.45, 2.75) is 52.5 Å². The van der Waals surface area contributed by atoms with Crippen LogP contribution in [0.25, 0.3) is 0 Å². The molecule has 2 rings (SSSR count). The van der Waals surface area contributed by atoms with Crippen LogP contribution in [0.4, 0.5) is 10.5 Å². The number of nitrogens with one attached hydrogen (secondary N) is 2. The molecule has 0 radical (unpaired) electrons. The van der Waals surface area contributed by atoms with Crippen LogP contribution in [-0.2, 0) is 4.79 Å². The van der Waals surface area contributed by atoms with Gasteiger partial charge in [0.15, 0.2) is 0 Å². The maximum atomic E-state index is 12.5. The molecular weight excluding hydrogens is 302 g/mol. The van der Waals surface area contributed by atoms with E-state index in [1.807, 2.05) is 31.2 Å². The summed E-state index contributed by atoms with van der Waals surface area (Å²) in [7, 11) is 0. The number of carbonyl (C=O) groups excluding carboxylic acids is 2. The zero-order valence-electron chi connectivity index (χ0n) is 15.0. The second-order valence-corrected chi connectivity index (χ2v) is 6.61. The van der Waals surface area contributed by atoms with Crippen molar-refractivity contribution in [1.29, 1.82) is 0 Å². The molecule has 1 saturated heterocycles. The zero-order valence-corrected chi connectivity index (χ0v) is 15.0. The molecular formula is C19H29N3O2. The Bertz CT molecular complexity index is 569. The molecule has 3 amide bonds. The number of likely N-dealkylation sites (tertiary alicyclic amines) is 1. The van der Waals surface area contributed by atoms with Crippen LogP contribution in [-0.4, -0.2) is 36.0 Å². The van der Waals surface area contributed by atoms with E-state index >= 15 is 0 Å². The van der Waals surface area contributed by atoms with Crippen molar-refractivity contribution in [3.8, 4) is 0 Å². The third-order valence-electron chi connectivity index (χ3n) is 4.68. The normalized spacial score (nSPS) is 17.7. The summed E-state index contributed by atoms with van der Waals surface area (Å²) in [6.07, 6.45) is 3.58. The van der Waals surface area contributed by atoms with Crippen molar-refractivity contribution in [3.05, 3.63) is 29.8 Å². The Morgan fingerprint density at radius 2 is 2.04 bits per heavy atom. The summed E-state index contributed by atoms with van der Waals surface area (Å²) in [5.41, 5.74) is 1.90. The monoisotopic (exact) mass is 331 g/mol. The summed E-state index contributed by atoms with van der Waals surface area (Å²) < 4.78 is 0. The molecule has 1 aliphatic rings. The van der Waals surface area contributed by atoms with E-state index in [2.05, 4.69) is 24.5 Å². The van der Waals surface area contributed by atoms with Gasteiger partial charge in [-0.3, -0.25) is 4.79 Å². The molecule has 0 spiro atoms. The average molecular weight is 331 g/mol. The standard InChI is InChI=1S/C19H29N3O2/c1-4-16(5-2)20-18(23)15-9-7-11-22(13-15)19(24)21-17-10-6-8-14(3)12-17/h6,8,10,12,15-16H,4-5,7,9,11,13H2,1-3H3,(H,20,23)(H,21,24). The maximum Gasteiger partial charge on any atom is 0.321 e. The number of anilines is 1. The van der Waals surface area contributed by atoms with E-state index in [-0.39, 0.29) is 23.9 Å². The van der Waals surface area contributed by atoms with Gasteiger partial charge in [0.2, 0.25) is 5.91 Å². The largest absolute Gasteiger partial charge is 0.353 e.